The zero-order chi connectivity index (χ0) is 11.0. The van der Waals surface area contributed by atoms with Crippen LogP contribution in [-0.4, -0.2) is 42.5 Å². The Bertz CT molecular complexity index is 129. The first-order valence-corrected chi connectivity index (χ1v) is 4.34. The van der Waals surface area contributed by atoms with Gasteiger partial charge in [-0.1, -0.05) is 6.92 Å². The van der Waals surface area contributed by atoms with E-state index in [2.05, 4.69) is 13.8 Å². The minimum absolute atomic E-state index is 0. The van der Waals surface area contributed by atoms with Crippen molar-refractivity contribution < 1.29 is 42.6 Å². The van der Waals surface area contributed by atoms with E-state index in [4.69, 9.17) is 0 Å². The van der Waals surface area contributed by atoms with Gasteiger partial charge in [-0.3, -0.25) is 4.90 Å². The summed E-state index contributed by atoms with van der Waals surface area (Å²) >= 11 is 0. The first-order chi connectivity index (χ1) is 6.00. The van der Waals surface area contributed by atoms with Gasteiger partial charge in [-0.2, -0.15) is 6.92 Å². The number of aldehydes is 1. The van der Waals surface area contributed by atoms with Gasteiger partial charge in [-0.15, -0.1) is 5.92 Å². The normalized spacial score (nSPS) is 15.7. The SMILES string of the molecule is [CH2-]C.[CH2-]C(C)C(O)C(C=O)N(C)C.[Y]. The topological polar surface area (TPSA) is 40.5 Å². The zero-order valence-corrected chi connectivity index (χ0v) is 12.4. The van der Waals surface area contributed by atoms with Crippen molar-refractivity contribution >= 4 is 6.29 Å². The number of rotatable bonds is 4. The predicted octanol–water partition coefficient (Wildman–Crippen LogP) is 0.784. The average molecular weight is 276 g/mol. The fourth-order valence-corrected chi connectivity index (χ4v) is 0.844. The summed E-state index contributed by atoms with van der Waals surface area (Å²) in [7, 11) is 3.51. The van der Waals surface area contributed by atoms with E-state index in [0.717, 1.165) is 6.29 Å². The van der Waals surface area contributed by atoms with Crippen molar-refractivity contribution in [2.75, 3.05) is 14.1 Å². The predicted molar refractivity (Wildman–Crippen MR) is 55.1 cm³/mol. The second kappa shape index (κ2) is 11.8. The van der Waals surface area contributed by atoms with Crippen molar-refractivity contribution in [3.63, 3.8) is 0 Å². The summed E-state index contributed by atoms with van der Waals surface area (Å²) in [6.07, 6.45) is 0.0642. The van der Waals surface area contributed by atoms with Gasteiger partial charge in [-0.05, 0) is 14.1 Å². The zero-order valence-electron chi connectivity index (χ0n) is 9.60. The average Bonchev–Trinajstić information content (AvgIpc) is 2.08. The van der Waals surface area contributed by atoms with Crippen LogP contribution in [0.4, 0.5) is 0 Å². The molecule has 0 rings (SSSR count). The van der Waals surface area contributed by atoms with Crippen LogP contribution < -0.4 is 0 Å². The molecule has 0 fully saturated rings. The smallest absolute Gasteiger partial charge is 0.139 e. The Morgan fingerprint density at radius 2 is 1.71 bits per heavy atom. The monoisotopic (exact) mass is 276 g/mol. The van der Waals surface area contributed by atoms with Crippen molar-refractivity contribution in [1.29, 1.82) is 0 Å². The van der Waals surface area contributed by atoms with E-state index in [1.807, 2.05) is 0 Å². The summed E-state index contributed by atoms with van der Waals surface area (Å²) in [6, 6.07) is -0.442. The fraction of sp³-hybridized carbons (Fsp3) is 0.700. The van der Waals surface area contributed by atoms with E-state index in [-0.39, 0.29) is 38.6 Å². The van der Waals surface area contributed by atoms with Gasteiger partial charge in [0.15, 0.2) is 0 Å². The van der Waals surface area contributed by atoms with Crippen LogP contribution in [0.5, 0.6) is 0 Å². The van der Waals surface area contributed by atoms with Crippen LogP contribution >= 0.6 is 0 Å². The van der Waals surface area contributed by atoms with E-state index < -0.39 is 12.1 Å². The molecule has 0 saturated carbocycles. The van der Waals surface area contributed by atoms with Crippen LogP contribution in [0.15, 0.2) is 0 Å². The largest absolute Gasteiger partial charge is 0.393 e. The van der Waals surface area contributed by atoms with Gasteiger partial charge in [0.1, 0.15) is 6.29 Å². The summed E-state index contributed by atoms with van der Waals surface area (Å²) in [6.45, 7) is 10.4. The van der Waals surface area contributed by atoms with Crippen molar-refractivity contribution in [2.24, 2.45) is 5.92 Å². The van der Waals surface area contributed by atoms with Gasteiger partial charge in [0.05, 0.1) is 12.1 Å². The van der Waals surface area contributed by atoms with Gasteiger partial charge in [0, 0.05) is 32.7 Å². The Kier molecular flexibility index (Phi) is 16.9. The standard InChI is InChI=1S/C8H16NO2.C2H5.Y/c1-6(2)8(11)7(5-10)9(3)4;1-2;/h5-8,11H,1H2,2-4H3;1H2,2H3;/q2*-1;. The molecule has 0 aromatic heterocycles. The number of hydrogen-bond acceptors (Lipinski definition) is 3. The summed E-state index contributed by atoms with van der Waals surface area (Å²) in [5, 5.41) is 9.42. The molecule has 0 aliphatic heterocycles. The molecule has 0 aliphatic rings. The van der Waals surface area contributed by atoms with Crippen LogP contribution in [0.3, 0.4) is 0 Å². The van der Waals surface area contributed by atoms with Crippen LogP contribution in [0.1, 0.15) is 13.8 Å². The summed E-state index contributed by atoms with van der Waals surface area (Å²) < 4.78 is 0. The first-order valence-electron chi connectivity index (χ1n) is 4.34. The van der Waals surface area contributed by atoms with Crippen LogP contribution in [-0.2, 0) is 37.5 Å². The number of carbonyl (C=O) groups is 1. The molecule has 3 unspecified atom stereocenters. The van der Waals surface area contributed by atoms with Crippen molar-refractivity contribution in [3.05, 3.63) is 13.8 Å². The maximum absolute atomic E-state index is 10.5. The first kappa shape index (κ1) is 20.1. The molecule has 0 spiro atoms. The number of hydrogen-bond donors (Lipinski definition) is 1. The third-order valence-electron chi connectivity index (χ3n) is 1.67. The Morgan fingerprint density at radius 1 is 1.36 bits per heavy atom. The molecule has 3 nitrogen and oxygen atoms in total. The molecule has 0 aliphatic carbocycles. The molecular weight excluding hydrogens is 255 g/mol. The number of aliphatic hydroxyl groups is 1. The molecule has 0 heterocycles. The summed E-state index contributed by atoms with van der Waals surface area (Å²) in [5.41, 5.74) is 0. The van der Waals surface area contributed by atoms with Crippen LogP contribution in [0, 0.1) is 19.8 Å². The third kappa shape index (κ3) is 8.04. The van der Waals surface area contributed by atoms with Gasteiger partial charge >= 0.3 is 0 Å². The maximum Gasteiger partial charge on any atom is 0.139 e. The van der Waals surface area contributed by atoms with Crippen molar-refractivity contribution in [2.45, 2.75) is 26.0 Å². The minimum atomic E-state index is -0.678. The molecule has 14 heavy (non-hydrogen) atoms. The van der Waals surface area contributed by atoms with Gasteiger partial charge in [-0.25, -0.2) is 0 Å². The molecule has 0 amide bonds. The third-order valence-corrected chi connectivity index (χ3v) is 1.67. The summed E-state index contributed by atoms with van der Waals surface area (Å²) in [4.78, 5) is 12.1. The molecule has 0 aromatic rings. The number of likely N-dealkylation sites (N-methyl/N-ethyl adjacent to an activating group) is 1. The van der Waals surface area contributed by atoms with Crippen LogP contribution in [0.25, 0.3) is 0 Å². The Labute approximate surface area is 113 Å². The van der Waals surface area contributed by atoms with Gasteiger partial charge in [0.25, 0.3) is 0 Å². The van der Waals surface area contributed by atoms with E-state index in [9.17, 15) is 9.90 Å². The molecule has 1 N–H and O–H groups in total. The molecule has 0 aromatic carbocycles. The van der Waals surface area contributed by atoms with Crippen LogP contribution in [0.2, 0.25) is 0 Å². The number of nitrogens with zero attached hydrogens (tertiary/aromatic N) is 1. The minimum Gasteiger partial charge on any atom is -0.393 e. The summed E-state index contributed by atoms with van der Waals surface area (Å²) in [5.74, 6) is -0.132. The number of carbonyl (C=O) groups excluding carboxylic acids is 1. The van der Waals surface area contributed by atoms with Gasteiger partial charge in [0.2, 0.25) is 0 Å². The van der Waals surface area contributed by atoms with E-state index >= 15 is 0 Å². The van der Waals surface area contributed by atoms with Crippen molar-refractivity contribution in [3.8, 4) is 0 Å². The van der Waals surface area contributed by atoms with Crippen molar-refractivity contribution in [1.82, 2.24) is 4.90 Å². The molecule has 0 bridgehead atoms. The molecular formula is C10H21NO2Y-2. The maximum atomic E-state index is 10.5. The second-order valence-corrected chi connectivity index (χ2v) is 3.06. The Morgan fingerprint density at radius 3 is 1.79 bits per heavy atom. The van der Waals surface area contributed by atoms with E-state index in [1.54, 1.807) is 32.8 Å². The Hall–Kier alpha value is 0.694. The fourth-order valence-electron chi connectivity index (χ4n) is 0.844. The number of aliphatic hydroxyl groups excluding tert-OH is 1. The van der Waals surface area contributed by atoms with E-state index in [0.29, 0.717) is 0 Å². The molecule has 83 valence electrons. The van der Waals surface area contributed by atoms with E-state index in [1.165, 1.54) is 0 Å². The van der Waals surface area contributed by atoms with Gasteiger partial charge < -0.3 is 23.7 Å². The second-order valence-electron chi connectivity index (χ2n) is 3.06. The molecule has 3 atom stereocenters. The Balaban J connectivity index is -0.000000376. The molecule has 0 saturated heterocycles. The molecule has 1 radical (unpaired) electrons. The molecule has 4 heteroatoms. The quantitative estimate of drug-likeness (QED) is 0.609.